The Kier molecular flexibility index (Phi) is 4.14. The van der Waals surface area contributed by atoms with Gasteiger partial charge in [0.1, 0.15) is 0 Å². The SMILES string of the molecule is CC1CCN(CCNC(=O)c2nonc2N)CC1. The van der Waals surface area contributed by atoms with Crippen LogP contribution < -0.4 is 11.1 Å². The molecule has 1 aliphatic heterocycles. The third-order valence-corrected chi connectivity index (χ3v) is 3.32. The van der Waals surface area contributed by atoms with E-state index in [0.717, 1.165) is 25.6 Å². The Morgan fingerprint density at radius 2 is 2.22 bits per heavy atom. The van der Waals surface area contributed by atoms with E-state index < -0.39 is 0 Å². The number of nitrogens with one attached hydrogen (secondary N) is 1. The third-order valence-electron chi connectivity index (χ3n) is 3.32. The fourth-order valence-electron chi connectivity index (χ4n) is 2.05. The van der Waals surface area contributed by atoms with Crippen molar-refractivity contribution in [3.63, 3.8) is 0 Å². The van der Waals surface area contributed by atoms with Gasteiger partial charge in [0.05, 0.1) is 0 Å². The Hall–Kier alpha value is -1.63. The predicted octanol–water partition coefficient (Wildman–Crippen LogP) is 0.114. The molecule has 0 saturated carbocycles. The lowest BCUT2D eigenvalue weighted by Crippen LogP contribution is -2.39. The first kappa shape index (κ1) is 12.8. The summed E-state index contributed by atoms with van der Waals surface area (Å²) in [5.41, 5.74) is 5.49. The number of piperidine rings is 1. The maximum atomic E-state index is 11.6. The van der Waals surface area contributed by atoms with E-state index in [0.29, 0.717) is 6.54 Å². The van der Waals surface area contributed by atoms with Crippen LogP contribution in [0.1, 0.15) is 30.3 Å². The van der Waals surface area contributed by atoms with Crippen molar-refractivity contribution in [2.75, 3.05) is 31.9 Å². The van der Waals surface area contributed by atoms with Gasteiger partial charge in [0.25, 0.3) is 5.91 Å². The normalized spacial score (nSPS) is 17.8. The highest BCUT2D eigenvalue weighted by Crippen LogP contribution is 2.15. The van der Waals surface area contributed by atoms with E-state index >= 15 is 0 Å². The molecule has 1 fully saturated rings. The van der Waals surface area contributed by atoms with E-state index in [1.165, 1.54) is 12.8 Å². The summed E-state index contributed by atoms with van der Waals surface area (Å²) in [6, 6.07) is 0. The van der Waals surface area contributed by atoms with Gasteiger partial charge in [-0.3, -0.25) is 4.79 Å². The largest absolute Gasteiger partial charge is 0.379 e. The zero-order valence-electron chi connectivity index (χ0n) is 10.6. The zero-order valence-corrected chi connectivity index (χ0v) is 10.6. The van der Waals surface area contributed by atoms with Crippen molar-refractivity contribution < 1.29 is 9.42 Å². The Morgan fingerprint density at radius 3 is 2.83 bits per heavy atom. The smallest absolute Gasteiger partial charge is 0.277 e. The lowest BCUT2D eigenvalue weighted by Gasteiger charge is -2.30. The van der Waals surface area contributed by atoms with Crippen molar-refractivity contribution >= 4 is 11.7 Å². The maximum absolute atomic E-state index is 11.6. The lowest BCUT2D eigenvalue weighted by atomic mass is 9.99. The molecule has 18 heavy (non-hydrogen) atoms. The number of nitrogen functional groups attached to an aromatic ring is 1. The Labute approximate surface area is 106 Å². The molecule has 1 amide bonds. The minimum atomic E-state index is -0.334. The molecule has 100 valence electrons. The highest BCUT2D eigenvalue weighted by molar-refractivity contribution is 5.95. The number of likely N-dealkylation sites (tertiary alicyclic amines) is 1. The molecule has 0 aliphatic carbocycles. The fraction of sp³-hybridized carbons (Fsp3) is 0.727. The van der Waals surface area contributed by atoms with Gasteiger partial charge in [-0.2, -0.15) is 0 Å². The van der Waals surface area contributed by atoms with Crippen LogP contribution in [0, 0.1) is 5.92 Å². The van der Waals surface area contributed by atoms with Gasteiger partial charge in [-0.1, -0.05) is 6.92 Å². The van der Waals surface area contributed by atoms with Crippen molar-refractivity contribution in [2.45, 2.75) is 19.8 Å². The van der Waals surface area contributed by atoms with Crippen molar-refractivity contribution in [3.05, 3.63) is 5.69 Å². The average molecular weight is 253 g/mol. The standard InChI is InChI=1S/C11H19N5O2/c1-8-2-5-16(6-3-8)7-4-13-11(17)9-10(12)15-18-14-9/h8H,2-7H2,1H3,(H2,12,15)(H,13,17). The number of rotatable bonds is 4. The Bertz CT molecular complexity index is 398. The van der Waals surface area contributed by atoms with E-state index in [9.17, 15) is 4.79 Å². The van der Waals surface area contributed by atoms with Gasteiger partial charge < -0.3 is 16.0 Å². The molecule has 1 aliphatic rings. The molecule has 1 aromatic heterocycles. The number of aromatic nitrogens is 2. The van der Waals surface area contributed by atoms with Crippen LogP contribution in [0.3, 0.4) is 0 Å². The summed E-state index contributed by atoms with van der Waals surface area (Å²) in [5.74, 6) is 0.510. The van der Waals surface area contributed by atoms with Crippen molar-refractivity contribution in [3.8, 4) is 0 Å². The van der Waals surface area contributed by atoms with Crippen molar-refractivity contribution in [1.82, 2.24) is 20.5 Å². The molecule has 0 radical (unpaired) electrons. The molecular formula is C11H19N5O2. The molecule has 0 spiro atoms. The second-order valence-electron chi connectivity index (χ2n) is 4.78. The number of carbonyl (C=O) groups is 1. The second kappa shape index (κ2) is 5.81. The summed E-state index contributed by atoms with van der Waals surface area (Å²) in [7, 11) is 0. The molecule has 0 bridgehead atoms. The first-order chi connectivity index (χ1) is 8.66. The quantitative estimate of drug-likeness (QED) is 0.790. The van der Waals surface area contributed by atoms with Crippen LogP contribution in [-0.2, 0) is 0 Å². The minimum Gasteiger partial charge on any atom is -0.379 e. The molecule has 7 heteroatoms. The van der Waals surface area contributed by atoms with Crippen molar-refractivity contribution in [1.29, 1.82) is 0 Å². The van der Waals surface area contributed by atoms with Crippen LogP contribution in [0.15, 0.2) is 4.63 Å². The van der Waals surface area contributed by atoms with E-state index in [1.54, 1.807) is 0 Å². The van der Waals surface area contributed by atoms with Gasteiger partial charge in [0.2, 0.25) is 11.5 Å². The lowest BCUT2D eigenvalue weighted by molar-refractivity contribution is 0.0935. The van der Waals surface area contributed by atoms with Gasteiger partial charge in [0.15, 0.2) is 0 Å². The number of nitrogens with zero attached hydrogens (tertiary/aromatic N) is 3. The van der Waals surface area contributed by atoms with Crippen LogP contribution in [0.2, 0.25) is 0 Å². The first-order valence-electron chi connectivity index (χ1n) is 6.25. The monoisotopic (exact) mass is 253 g/mol. The van der Waals surface area contributed by atoms with Gasteiger partial charge in [-0.15, -0.1) is 0 Å². The second-order valence-corrected chi connectivity index (χ2v) is 4.78. The minimum absolute atomic E-state index is 0.0271. The Morgan fingerprint density at radius 1 is 1.50 bits per heavy atom. The summed E-state index contributed by atoms with van der Waals surface area (Å²) < 4.78 is 4.38. The number of carbonyl (C=O) groups excluding carboxylic acids is 1. The molecule has 7 nitrogen and oxygen atoms in total. The van der Waals surface area contributed by atoms with Gasteiger partial charge in [-0.05, 0) is 42.2 Å². The first-order valence-corrected chi connectivity index (χ1v) is 6.25. The summed E-state index contributed by atoms with van der Waals surface area (Å²) in [6.45, 7) is 5.91. The number of hydrogen-bond donors (Lipinski definition) is 2. The van der Waals surface area contributed by atoms with Crippen molar-refractivity contribution in [2.24, 2.45) is 5.92 Å². The summed E-state index contributed by atoms with van der Waals surface area (Å²) in [5, 5.41) is 9.58. The summed E-state index contributed by atoms with van der Waals surface area (Å²) >= 11 is 0. The van der Waals surface area contributed by atoms with Gasteiger partial charge in [0, 0.05) is 13.1 Å². The molecule has 0 atom stereocenters. The number of amides is 1. The van der Waals surface area contributed by atoms with Crippen LogP contribution in [-0.4, -0.2) is 47.3 Å². The number of nitrogens with two attached hydrogens (primary N) is 1. The van der Waals surface area contributed by atoms with Crippen LogP contribution in [0.25, 0.3) is 0 Å². The molecule has 0 unspecified atom stereocenters. The average Bonchev–Trinajstić information content (AvgIpc) is 2.78. The topological polar surface area (TPSA) is 97.3 Å². The summed E-state index contributed by atoms with van der Waals surface area (Å²) in [6.07, 6.45) is 2.46. The molecule has 1 aromatic rings. The number of hydrogen-bond acceptors (Lipinski definition) is 6. The number of anilines is 1. The maximum Gasteiger partial charge on any atom is 0.277 e. The summed E-state index contributed by atoms with van der Waals surface area (Å²) in [4.78, 5) is 14.0. The van der Waals surface area contributed by atoms with E-state index in [4.69, 9.17) is 5.73 Å². The zero-order chi connectivity index (χ0) is 13.0. The van der Waals surface area contributed by atoms with Gasteiger partial charge >= 0.3 is 0 Å². The predicted molar refractivity (Wildman–Crippen MR) is 65.9 cm³/mol. The van der Waals surface area contributed by atoms with Crippen LogP contribution in [0.5, 0.6) is 0 Å². The van der Waals surface area contributed by atoms with Gasteiger partial charge in [-0.25, -0.2) is 4.63 Å². The highest BCUT2D eigenvalue weighted by atomic mass is 16.6. The van der Waals surface area contributed by atoms with E-state index in [-0.39, 0.29) is 17.4 Å². The molecule has 2 heterocycles. The Balaban J connectivity index is 1.69. The van der Waals surface area contributed by atoms with E-state index in [1.807, 2.05) is 0 Å². The molecule has 3 N–H and O–H groups in total. The molecule has 2 rings (SSSR count). The van der Waals surface area contributed by atoms with Crippen LogP contribution in [0.4, 0.5) is 5.82 Å². The highest BCUT2D eigenvalue weighted by Gasteiger charge is 2.17. The van der Waals surface area contributed by atoms with E-state index in [2.05, 4.69) is 32.1 Å². The molecule has 1 saturated heterocycles. The fourth-order valence-corrected chi connectivity index (χ4v) is 2.05. The van der Waals surface area contributed by atoms with Crippen LogP contribution >= 0.6 is 0 Å². The molecule has 0 aromatic carbocycles. The molecular weight excluding hydrogens is 234 g/mol. The third kappa shape index (κ3) is 3.19.